The summed E-state index contributed by atoms with van der Waals surface area (Å²) in [4.78, 5) is 6.91. The number of benzene rings is 1. The number of nitrogens with zero attached hydrogens (tertiary/aromatic N) is 2. The SMILES string of the molecule is COc1ncccc1C1CCC(C)(C)CCN1c1cc(C)cc(N)c1. The van der Waals surface area contributed by atoms with E-state index >= 15 is 0 Å². The van der Waals surface area contributed by atoms with E-state index in [0.29, 0.717) is 5.41 Å². The molecule has 1 unspecified atom stereocenters. The van der Waals surface area contributed by atoms with Crippen molar-refractivity contribution in [3.63, 3.8) is 0 Å². The van der Waals surface area contributed by atoms with Crippen molar-refractivity contribution in [2.24, 2.45) is 5.41 Å². The van der Waals surface area contributed by atoms with Crippen LogP contribution in [0.15, 0.2) is 36.5 Å². The monoisotopic (exact) mass is 339 g/mol. The Morgan fingerprint density at radius 2 is 2.04 bits per heavy atom. The standard InChI is InChI=1S/C21H29N3O/c1-15-12-16(22)14-17(13-15)24-11-9-21(2,3)8-7-19(24)18-6-5-10-23-20(18)25-4/h5-6,10,12-14,19H,7-9,11,22H2,1-4H3. The number of anilines is 2. The summed E-state index contributed by atoms with van der Waals surface area (Å²) in [5.74, 6) is 0.720. The minimum atomic E-state index is 0.242. The second kappa shape index (κ2) is 6.95. The van der Waals surface area contributed by atoms with E-state index in [-0.39, 0.29) is 6.04 Å². The number of aryl methyl sites for hydroxylation is 1. The van der Waals surface area contributed by atoms with E-state index in [1.807, 2.05) is 12.1 Å². The molecule has 0 radical (unpaired) electrons. The van der Waals surface area contributed by atoms with E-state index in [0.717, 1.165) is 36.5 Å². The molecular formula is C21H29N3O. The zero-order valence-corrected chi connectivity index (χ0v) is 15.7. The normalized spacial score (nSPS) is 20.2. The highest BCUT2D eigenvalue weighted by Crippen LogP contribution is 2.42. The molecule has 2 aromatic rings. The van der Waals surface area contributed by atoms with Crippen molar-refractivity contribution < 1.29 is 4.74 Å². The number of aromatic nitrogens is 1. The van der Waals surface area contributed by atoms with E-state index in [1.54, 1.807) is 13.3 Å². The van der Waals surface area contributed by atoms with E-state index in [4.69, 9.17) is 10.5 Å². The van der Waals surface area contributed by atoms with Crippen molar-refractivity contribution in [2.45, 2.75) is 46.1 Å². The van der Waals surface area contributed by atoms with Crippen LogP contribution >= 0.6 is 0 Å². The lowest BCUT2D eigenvalue weighted by Crippen LogP contribution is -2.29. The number of pyridine rings is 1. The average Bonchev–Trinajstić information content (AvgIpc) is 2.72. The molecule has 0 aliphatic carbocycles. The van der Waals surface area contributed by atoms with Crippen molar-refractivity contribution in [2.75, 3.05) is 24.3 Å². The molecule has 134 valence electrons. The molecule has 1 aliphatic rings. The van der Waals surface area contributed by atoms with Gasteiger partial charge in [0, 0.05) is 29.7 Å². The van der Waals surface area contributed by atoms with Crippen LogP contribution in [0.3, 0.4) is 0 Å². The molecular weight excluding hydrogens is 310 g/mol. The maximum absolute atomic E-state index is 6.13. The van der Waals surface area contributed by atoms with Crippen LogP contribution in [-0.2, 0) is 0 Å². The van der Waals surface area contributed by atoms with Gasteiger partial charge >= 0.3 is 0 Å². The van der Waals surface area contributed by atoms with Crippen LogP contribution in [0.2, 0.25) is 0 Å². The summed E-state index contributed by atoms with van der Waals surface area (Å²) in [6, 6.07) is 10.7. The largest absolute Gasteiger partial charge is 0.481 e. The van der Waals surface area contributed by atoms with E-state index in [2.05, 4.69) is 48.9 Å². The second-order valence-corrected chi connectivity index (χ2v) is 7.87. The van der Waals surface area contributed by atoms with Gasteiger partial charge < -0.3 is 15.4 Å². The molecule has 1 atom stereocenters. The second-order valence-electron chi connectivity index (χ2n) is 7.87. The highest BCUT2D eigenvalue weighted by molar-refractivity contribution is 5.60. The van der Waals surface area contributed by atoms with Gasteiger partial charge in [0.15, 0.2) is 0 Å². The van der Waals surface area contributed by atoms with Crippen LogP contribution in [0.25, 0.3) is 0 Å². The molecule has 0 spiro atoms. The highest BCUT2D eigenvalue weighted by Gasteiger charge is 2.32. The predicted molar refractivity (Wildman–Crippen MR) is 104 cm³/mol. The molecule has 2 heterocycles. The maximum Gasteiger partial charge on any atom is 0.218 e. The number of methoxy groups -OCH3 is 1. The van der Waals surface area contributed by atoms with E-state index in [9.17, 15) is 0 Å². The van der Waals surface area contributed by atoms with Gasteiger partial charge in [-0.1, -0.05) is 19.9 Å². The van der Waals surface area contributed by atoms with Crippen molar-refractivity contribution in [1.82, 2.24) is 4.98 Å². The molecule has 2 N–H and O–H groups in total. The van der Waals surface area contributed by atoms with Crippen LogP contribution in [0, 0.1) is 12.3 Å². The molecule has 0 saturated carbocycles. The smallest absolute Gasteiger partial charge is 0.218 e. The third-order valence-corrected chi connectivity index (χ3v) is 5.27. The quantitative estimate of drug-likeness (QED) is 0.821. The average molecular weight is 339 g/mol. The van der Waals surface area contributed by atoms with Crippen LogP contribution < -0.4 is 15.4 Å². The predicted octanol–water partition coefficient (Wildman–Crippen LogP) is 4.74. The molecule has 4 nitrogen and oxygen atoms in total. The molecule has 3 rings (SSSR count). The fourth-order valence-corrected chi connectivity index (χ4v) is 3.80. The minimum absolute atomic E-state index is 0.242. The van der Waals surface area contributed by atoms with Gasteiger partial charge in [0.1, 0.15) is 0 Å². The van der Waals surface area contributed by atoms with Gasteiger partial charge in [0.05, 0.1) is 13.2 Å². The first-order valence-corrected chi connectivity index (χ1v) is 9.02. The zero-order chi connectivity index (χ0) is 18.0. The first kappa shape index (κ1) is 17.6. The third-order valence-electron chi connectivity index (χ3n) is 5.27. The van der Waals surface area contributed by atoms with Gasteiger partial charge in [0.2, 0.25) is 5.88 Å². The summed E-state index contributed by atoms with van der Waals surface area (Å²) in [6.07, 6.45) is 5.19. The Kier molecular flexibility index (Phi) is 4.89. The Balaban J connectivity index is 2.07. The summed E-state index contributed by atoms with van der Waals surface area (Å²) in [6.45, 7) is 7.82. The highest BCUT2D eigenvalue weighted by atomic mass is 16.5. The molecule has 1 aromatic heterocycles. The van der Waals surface area contributed by atoms with Crippen molar-refractivity contribution in [1.29, 1.82) is 0 Å². The van der Waals surface area contributed by atoms with Crippen LogP contribution in [-0.4, -0.2) is 18.6 Å². The van der Waals surface area contributed by atoms with Gasteiger partial charge in [0.25, 0.3) is 0 Å². The van der Waals surface area contributed by atoms with Crippen LogP contribution in [0.4, 0.5) is 11.4 Å². The molecule has 4 heteroatoms. The molecule has 1 aliphatic heterocycles. The number of hydrogen-bond acceptors (Lipinski definition) is 4. The van der Waals surface area contributed by atoms with Crippen LogP contribution in [0.5, 0.6) is 5.88 Å². The Bertz CT molecular complexity index is 721. The Hall–Kier alpha value is -2.23. The summed E-state index contributed by atoms with van der Waals surface area (Å²) in [5, 5.41) is 0. The number of rotatable bonds is 3. The molecule has 1 aromatic carbocycles. The number of nitrogen functional groups attached to an aromatic ring is 1. The number of nitrogens with two attached hydrogens (primary N) is 1. The third kappa shape index (κ3) is 3.89. The molecule has 25 heavy (non-hydrogen) atoms. The van der Waals surface area contributed by atoms with Crippen molar-refractivity contribution in [3.05, 3.63) is 47.7 Å². The lowest BCUT2D eigenvalue weighted by molar-refractivity contribution is 0.319. The first-order valence-electron chi connectivity index (χ1n) is 9.02. The summed E-state index contributed by atoms with van der Waals surface area (Å²) >= 11 is 0. The fraction of sp³-hybridized carbons (Fsp3) is 0.476. The molecule has 0 bridgehead atoms. The molecule has 1 saturated heterocycles. The van der Waals surface area contributed by atoms with Crippen molar-refractivity contribution >= 4 is 11.4 Å². The Labute approximate surface area is 151 Å². The van der Waals surface area contributed by atoms with E-state index < -0.39 is 0 Å². The first-order chi connectivity index (χ1) is 11.9. The van der Waals surface area contributed by atoms with Crippen LogP contribution in [0.1, 0.15) is 50.3 Å². The maximum atomic E-state index is 6.13. The van der Waals surface area contributed by atoms with Gasteiger partial charge in [-0.3, -0.25) is 0 Å². The van der Waals surface area contributed by atoms with Gasteiger partial charge in [-0.05, 0) is 61.4 Å². The van der Waals surface area contributed by atoms with Gasteiger partial charge in [-0.25, -0.2) is 4.98 Å². The van der Waals surface area contributed by atoms with E-state index in [1.165, 1.54) is 17.7 Å². The summed E-state index contributed by atoms with van der Waals surface area (Å²) in [7, 11) is 1.70. The van der Waals surface area contributed by atoms with Gasteiger partial charge in [-0.2, -0.15) is 0 Å². The molecule has 0 amide bonds. The minimum Gasteiger partial charge on any atom is -0.481 e. The van der Waals surface area contributed by atoms with Crippen molar-refractivity contribution in [3.8, 4) is 5.88 Å². The Morgan fingerprint density at radius 1 is 1.24 bits per heavy atom. The Morgan fingerprint density at radius 3 is 2.76 bits per heavy atom. The summed E-state index contributed by atoms with van der Waals surface area (Å²) in [5.41, 5.74) is 10.8. The number of hydrogen-bond donors (Lipinski definition) is 1. The number of ether oxygens (including phenoxy) is 1. The lowest BCUT2D eigenvalue weighted by Gasteiger charge is -2.33. The fourth-order valence-electron chi connectivity index (χ4n) is 3.80. The lowest BCUT2D eigenvalue weighted by atomic mass is 9.84. The van der Waals surface area contributed by atoms with Gasteiger partial charge in [-0.15, -0.1) is 0 Å². The zero-order valence-electron chi connectivity index (χ0n) is 15.7. The topological polar surface area (TPSA) is 51.4 Å². The molecule has 1 fully saturated rings. The summed E-state index contributed by atoms with van der Waals surface area (Å²) < 4.78 is 5.56.